The van der Waals surface area contributed by atoms with Crippen molar-refractivity contribution in [1.82, 2.24) is 10.2 Å². The molecule has 5 heteroatoms. The van der Waals surface area contributed by atoms with Crippen molar-refractivity contribution in [1.29, 1.82) is 0 Å². The van der Waals surface area contributed by atoms with Crippen molar-refractivity contribution in [3.63, 3.8) is 0 Å². The Balaban J connectivity index is 2.06. The van der Waals surface area contributed by atoms with Crippen molar-refractivity contribution in [3.05, 3.63) is 0 Å². The topological polar surface area (TPSA) is 49.4 Å². The van der Waals surface area contributed by atoms with Gasteiger partial charge in [-0.25, -0.2) is 0 Å². The van der Waals surface area contributed by atoms with E-state index < -0.39 is 0 Å². The number of nitrogens with one attached hydrogen (secondary N) is 1. The molecular weight excluding hydrogens is 272 g/mol. The zero-order valence-corrected chi connectivity index (χ0v) is 13.4. The van der Waals surface area contributed by atoms with Crippen molar-refractivity contribution < 1.29 is 9.59 Å². The van der Waals surface area contributed by atoms with Crippen LogP contribution < -0.4 is 5.32 Å². The number of rotatable bonds is 5. The van der Waals surface area contributed by atoms with Gasteiger partial charge in [0.25, 0.3) is 0 Å². The quantitative estimate of drug-likeness (QED) is 0.846. The molecule has 0 aliphatic carbocycles. The molecule has 0 aromatic carbocycles. The predicted molar refractivity (Wildman–Crippen MR) is 82.7 cm³/mol. The molecule has 2 aliphatic heterocycles. The Morgan fingerprint density at radius 1 is 1.30 bits per heavy atom. The minimum absolute atomic E-state index is 0.0337. The van der Waals surface area contributed by atoms with Crippen LogP contribution in [0, 0.1) is 0 Å². The van der Waals surface area contributed by atoms with Gasteiger partial charge in [0.15, 0.2) is 0 Å². The fourth-order valence-electron chi connectivity index (χ4n) is 3.10. The highest BCUT2D eigenvalue weighted by Gasteiger charge is 2.39. The summed E-state index contributed by atoms with van der Waals surface area (Å²) in [4.78, 5) is 26.7. The van der Waals surface area contributed by atoms with E-state index in [9.17, 15) is 9.59 Å². The second kappa shape index (κ2) is 7.34. The maximum Gasteiger partial charge on any atom is 0.245 e. The summed E-state index contributed by atoms with van der Waals surface area (Å²) in [6.07, 6.45) is 6.07. The van der Waals surface area contributed by atoms with Gasteiger partial charge in [-0.2, -0.15) is 11.8 Å². The average Bonchev–Trinajstić information content (AvgIpc) is 2.46. The monoisotopic (exact) mass is 298 g/mol. The van der Waals surface area contributed by atoms with Crippen molar-refractivity contribution in [2.24, 2.45) is 0 Å². The van der Waals surface area contributed by atoms with Crippen molar-refractivity contribution in [2.45, 2.75) is 69.7 Å². The zero-order chi connectivity index (χ0) is 14.5. The molecule has 0 spiro atoms. The van der Waals surface area contributed by atoms with Crippen LogP contribution in [0.2, 0.25) is 0 Å². The van der Waals surface area contributed by atoms with E-state index in [2.05, 4.69) is 5.32 Å². The van der Waals surface area contributed by atoms with Gasteiger partial charge in [-0.15, -0.1) is 0 Å². The maximum atomic E-state index is 12.6. The fourth-order valence-corrected chi connectivity index (χ4v) is 4.41. The summed E-state index contributed by atoms with van der Waals surface area (Å²) in [5, 5.41) is 3.41. The summed E-state index contributed by atoms with van der Waals surface area (Å²) in [7, 11) is 0. The fraction of sp³-hybridized carbons (Fsp3) is 0.867. The molecule has 0 aromatic rings. The first-order chi connectivity index (χ1) is 9.67. The van der Waals surface area contributed by atoms with Crippen LogP contribution in [0.1, 0.15) is 52.4 Å². The second-order valence-electron chi connectivity index (χ2n) is 5.75. The molecule has 0 radical (unpaired) electrons. The van der Waals surface area contributed by atoms with Gasteiger partial charge >= 0.3 is 0 Å². The summed E-state index contributed by atoms with van der Waals surface area (Å²) < 4.78 is 0. The van der Waals surface area contributed by atoms with E-state index in [0.29, 0.717) is 11.7 Å². The van der Waals surface area contributed by atoms with Gasteiger partial charge in [0.05, 0.1) is 0 Å². The Kier molecular flexibility index (Phi) is 5.75. The highest BCUT2D eigenvalue weighted by atomic mass is 32.2. The number of hydrogen-bond donors (Lipinski definition) is 1. The van der Waals surface area contributed by atoms with Crippen molar-refractivity contribution >= 4 is 23.6 Å². The molecule has 2 fully saturated rings. The SMILES string of the molecule is CCCC1NC(=O)C(CC)N(CC2CCCCS2)C1=O. The number of carbonyl (C=O) groups excluding carboxylic acids is 2. The molecule has 3 atom stereocenters. The van der Waals surface area contributed by atoms with E-state index in [1.165, 1.54) is 25.0 Å². The lowest BCUT2D eigenvalue weighted by molar-refractivity contribution is -0.149. The van der Waals surface area contributed by atoms with Crippen LogP contribution in [0.5, 0.6) is 0 Å². The van der Waals surface area contributed by atoms with E-state index in [-0.39, 0.29) is 23.9 Å². The molecule has 0 aromatic heterocycles. The summed E-state index contributed by atoms with van der Waals surface area (Å²) in [5.74, 6) is 1.35. The lowest BCUT2D eigenvalue weighted by Gasteiger charge is -2.40. The normalized spacial score (nSPS) is 31.3. The molecule has 2 saturated heterocycles. The third-order valence-corrected chi connectivity index (χ3v) is 5.60. The van der Waals surface area contributed by atoms with Crippen LogP contribution in [-0.4, -0.2) is 46.3 Å². The minimum Gasteiger partial charge on any atom is -0.343 e. The Bertz CT molecular complexity index is 356. The maximum absolute atomic E-state index is 12.6. The van der Waals surface area contributed by atoms with Gasteiger partial charge in [-0.3, -0.25) is 9.59 Å². The van der Waals surface area contributed by atoms with Crippen molar-refractivity contribution in [3.8, 4) is 0 Å². The molecule has 4 nitrogen and oxygen atoms in total. The molecule has 2 amide bonds. The van der Waals surface area contributed by atoms with Gasteiger partial charge in [0, 0.05) is 11.8 Å². The first-order valence-electron chi connectivity index (χ1n) is 7.89. The van der Waals surface area contributed by atoms with Crippen LogP contribution >= 0.6 is 11.8 Å². The van der Waals surface area contributed by atoms with Gasteiger partial charge in [0.2, 0.25) is 11.8 Å². The van der Waals surface area contributed by atoms with Crippen LogP contribution in [0.4, 0.5) is 0 Å². The number of amides is 2. The van der Waals surface area contributed by atoms with Gasteiger partial charge in [0.1, 0.15) is 12.1 Å². The highest BCUT2D eigenvalue weighted by molar-refractivity contribution is 7.99. The Morgan fingerprint density at radius 2 is 2.10 bits per heavy atom. The molecule has 2 heterocycles. The van der Waals surface area contributed by atoms with Crippen LogP contribution in [-0.2, 0) is 9.59 Å². The number of hydrogen-bond acceptors (Lipinski definition) is 3. The zero-order valence-electron chi connectivity index (χ0n) is 12.6. The van der Waals surface area contributed by atoms with Crippen LogP contribution in [0.25, 0.3) is 0 Å². The van der Waals surface area contributed by atoms with E-state index >= 15 is 0 Å². The third kappa shape index (κ3) is 3.48. The molecule has 114 valence electrons. The third-order valence-electron chi connectivity index (χ3n) is 4.21. The van der Waals surface area contributed by atoms with Gasteiger partial charge in [-0.05, 0) is 31.4 Å². The van der Waals surface area contributed by atoms with E-state index in [0.717, 1.165) is 19.4 Å². The molecule has 2 aliphatic rings. The summed E-state index contributed by atoms with van der Waals surface area (Å²) in [6.45, 7) is 4.78. The first kappa shape index (κ1) is 15.7. The standard InChI is InChI=1S/C15H26N2O2S/c1-3-7-12-15(19)17(13(4-2)14(18)16-12)10-11-8-5-6-9-20-11/h11-13H,3-10H2,1-2H3,(H,16,18). The Hall–Kier alpha value is -0.710. The second-order valence-corrected chi connectivity index (χ2v) is 7.16. The van der Waals surface area contributed by atoms with Gasteiger partial charge in [-0.1, -0.05) is 26.7 Å². The van der Waals surface area contributed by atoms with Gasteiger partial charge < -0.3 is 10.2 Å². The molecule has 20 heavy (non-hydrogen) atoms. The minimum atomic E-state index is -0.302. The number of thioether (sulfide) groups is 1. The molecular formula is C15H26N2O2S. The molecule has 0 saturated carbocycles. The number of carbonyl (C=O) groups is 2. The smallest absolute Gasteiger partial charge is 0.245 e. The lowest BCUT2D eigenvalue weighted by Crippen LogP contribution is -2.64. The first-order valence-corrected chi connectivity index (χ1v) is 8.94. The van der Waals surface area contributed by atoms with Crippen LogP contribution in [0.15, 0.2) is 0 Å². The molecule has 2 rings (SSSR count). The Labute approximate surface area is 126 Å². The van der Waals surface area contributed by atoms with E-state index in [4.69, 9.17) is 0 Å². The summed E-state index contributed by atoms with van der Waals surface area (Å²) in [5.41, 5.74) is 0. The van der Waals surface area contributed by atoms with E-state index in [1.54, 1.807) is 0 Å². The predicted octanol–water partition coefficient (Wildman–Crippen LogP) is 2.18. The average molecular weight is 298 g/mol. The number of nitrogens with zero attached hydrogens (tertiary/aromatic N) is 1. The number of piperazine rings is 1. The Morgan fingerprint density at radius 3 is 2.70 bits per heavy atom. The lowest BCUT2D eigenvalue weighted by atomic mass is 10.0. The molecule has 0 bridgehead atoms. The molecule has 3 unspecified atom stereocenters. The van der Waals surface area contributed by atoms with Crippen LogP contribution in [0.3, 0.4) is 0 Å². The summed E-state index contributed by atoms with van der Waals surface area (Å²) >= 11 is 1.96. The highest BCUT2D eigenvalue weighted by Crippen LogP contribution is 2.27. The molecule has 1 N–H and O–H groups in total. The van der Waals surface area contributed by atoms with E-state index in [1.807, 2.05) is 30.5 Å². The summed E-state index contributed by atoms with van der Waals surface area (Å²) in [6, 6.07) is -0.568. The van der Waals surface area contributed by atoms with Crippen molar-refractivity contribution in [2.75, 3.05) is 12.3 Å². The largest absolute Gasteiger partial charge is 0.343 e.